The van der Waals surface area contributed by atoms with Gasteiger partial charge in [-0.05, 0) is 91.6 Å². The van der Waals surface area contributed by atoms with E-state index in [-0.39, 0.29) is 0 Å². The summed E-state index contributed by atoms with van der Waals surface area (Å²) in [6.07, 6.45) is 8.84. The Morgan fingerprint density at radius 3 is 2.87 bits per heavy atom. The highest BCUT2D eigenvalue weighted by atomic mass is 79.9. The minimum absolute atomic E-state index is 0.419. The van der Waals surface area contributed by atoms with Crippen molar-refractivity contribution >= 4 is 32.8 Å². The number of hydrogen-bond acceptors (Lipinski definition) is 2. The SMILES string of the molecule is C[C@H](CCC[C@@](C)(O)C(=O)Cl)[C@H]1CCC2/C(=C/Br)CCC[C@@]21C. The Labute approximate surface area is 154 Å². The van der Waals surface area contributed by atoms with Crippen molar-refractivity contribution in [3.63, 3.8) is 0 Å². The Morgan fingerprint density at radius 1 is 1.57 bits per heavy atom. The number of allylic oxidation sites excluding steroid dienone is 1. The Bertz CT molecular complexity index is 474. The van der Waals surface area contributed by atoms with E-state index in [1.165, 1.54) is 39.0 Å². The molecule has 2 fully saturated rings. The first kappa shape index (κ1) is 19.5. The van der Waals surface area contributed by atoms with Gasteiger partial charge in [-0.2, -0.15) is 0 Å². The Kier molecular flexibility index (Phi) is 6.41. The zero-order valence-corrected chi connectivity index (χ0v) is 16.9. The van der Waals surface area contributed by atoms with E-state index in [1.54, 1.807) is 5.57 Å². The molecular formula is C19H30BrClO2. The van der Waals surface area contributed by atoms with Crippen LogP contribution in [0.1, 0.15) is 72.1 Å². The zero-order valence-electron chi connectivity index (χ0n) is 14.6. The summed E-state index contributed by atoms with van der Waals surface area (Å²) in [6, 6.07) is 0. The number of fused-ring (bicyclic) bond motifs is 1. The molecule has 0 aromatic heterocycles. The van der Waals surface area contributed by atoms with Crippen LogP contribution >= 0.6 is 27.5 Å². The van der Waals surface area contributed by atoms with Gasteiger partial charge >= 0.3 is 0 Å². The molecule has 2 nitrogen and oxygen atoms in total. The lowest BCUT2D eigenvalue weighted by Crippen LogP contribution is -2.36. The second-order valence-electron chi connectivity index (χ2n) is 8.20. The van der Waals surface area contributed by atoms with Gasteiger partial charge < -0.3 is 5.11 Å². The van der Waals surface area contributed by atoms with Gasteiger partial charge in [0, 0.05) is 0 Å². The van der Waals surface area contributed by atoms with Crippen LogP contribution in [-0.4, -0.2) is 16.0 Å². The first-order valence-electron chi connectivity index (χ1n) is 8.94. The van der Waals surface area contributed by atoms with Crippen LogP contribution in [0, 0.1) is 23.2 Å². The molecule has 2 saturated carbocycles. The first-order chi connectivity index (χ1) is 10.7. The predicted octanol–water partition coefficient (Wildman–Crippen LogP) is 5.80. The van der Waals surface area contributed by atoms with Crippen LogP contribution in [0.15, 0.2) is 10.6 Å². The van der Waals surface area contributed by atoms with E-state index in [9.17, 15) is 9.90 Å². The number of carbonyl (C=O) groups excluding carboxylic acids is 1. The van der Waals surface area contributed by atoms with Crippen molar-refractivity contribution in [2.75, 3.05) is 0 Å². The monoisotopic (exact) mass is 404 g/mol. The number of halogens is 2. The molecule has 2 rings (SSSR count). The third-order valence-electron chi connectivity index (χ3n) is 6.61. The third kappa shape index (κ3) is 4.04. The van der Waals surface area contributed by atoms with Crippen LogP contribution in [-0.2, 0) is 4.79 Å². The fraction of sp³-hybridized carbons (Fsp3) is 0.842. The summed E-state index contributed by atoms with van der Waals surface area (Å²) in [7, 11) is 0. The molecular weight excluding hydrogens is 376 g/mol. The highest BCUT2D eigenvalue weighted by Gasteiger charge is 2.50. The molecule has 23 heavy (non-hydrogen) atoms. The molecule has 0 amide bonds. The van der Waals surface area contributed by atoms with Gasteiger partial charge in [-0.15, -0.1) is 0 Å². The average Bonchev–Trinajstić information content (AvgIpc) is 2.83. The fourth-order valence-corrected chi connectivity index (χ4v) is 5.86. The molecule has 0 aliphatic heterocycles. The van der Waals surface area contributed by atoms with E-state index in [4.69, 9.17) is 11.6 Å². The summed E-state index contributed by atoms with van der Waals surface area (Å²) >= 11 is 9.03. The third-order valence-corrected chi connectivity index (χ3v) is 7.61. The van der Waals surface area contributed by atoms with Gasteiger partial charge in [-0.3, -0.25) is 4.79 Å². The van der Waals surface area contributed by atoms with Crippen LogP contribution in [0.4, 0.5) is 0 Å². The lowest BCUT2D eigenvalue weighted by molar-refractivity contribution is -0.127. The summed E-state index contributed by atoms with van der Waals surface area (Å²) in [5, 5.41) is 9.34. The van der Waals surface area contributed by atoms with Crippen molar-refractivity contribution < 1.29 is 9.90 Å². The highest BCUT2D eigenvalue weighted by molar-refractivity contribution is 9.11. The highest BCUT2D eigenvalue weighted by Crippen LogP contribution is 2.60. The topological polar surface area (TPSA) is 37.3 Å². The lowest BCUT2D eigenvalue weighted by atomic mass is 9.61. The van der Waals surface area contributed by atoms with E-state index < -0.39 is 10.8 Å². The van der Waals surface area contributed by atoms with E-state index in [0.29, 0.717) is 17.8 Å². The van der Waals surface area contributed by atoms with Crippen LogP contribution in [0.3, 0.4) is 0 Å². The van der Waals surface area contributed by atoms with Crippen molar-refractivity contribution in [2.24, 2.45) is 23.2 Å². The molecule has 5 atom stereocenters. The maximum absolute atomic E-state index is 11.2. The quantitative estimate of drug-likeness (QED) is 0.567. The minimum atomic E-state index is -1.37. The molecule has 0 heterocycles. The molecule has 4 heteroatoms. The van der Waals surface area contributed by atoms with Gasteiger partial charge in [0.25, 0.3) is 5.24 Å². The maximum Gasteiger partial charge on any atom is 0.252 e. The number of rotatable bonds is 6. The van der Waals surface area contributed by atoms with Crippen LogP contribution in [0.2, 0.25) is 0 Å². The Hall–Kier alpha value is 0.140. The molecule has 0 bridgehead atoms. The molecule has 132 valence electrons. The van der Waals surface area contributed by atoms with E-state index in [0.717, 1.165) is 24.7 Å². The average molecular weight is 406 g/mol. The second-order valence-corrected chi connectivity index (χ2v) is 9.00. The summed E-state index contributed by atoms with van der Waals surface area (Å²) in [5.74, 6) is 2.10. The largest absolute Gasteiger partial charge is 0.381 e. The Balaban J connectivity index is 1.95. The van der Waals surface area contributed by atoms with Gasteiger partial charge in [0.15, 0.2) is 0 Å². The maximum atomic E-state index is 11.2. The molecule has 0 radical (unpaired) electrons. The van der Waals surface area contributed by atoms with Gasteiger partial charge in [-0.1, -0.05) is 41.8 Å². The minimum Gasteiger partial charge on any atom is -0.381 e. The van der Waals surface area contributed by atoms with Crippen molar-refractivity contribution in [2.45, 2.75) is 77.7 Å². The normalized spacial score (nSPS) is 36.5. The van der Waals surface area contributed by atoms with Gasteiger partial charge in [-0.25, -0.2) is 0 Å². The summed E-state index contributed by atoms with van der Waals surface area (Å²) in [4.78, 5) is 13.4. The lowest BCUT2D eigenvalue weighted by Gasteiger charge is -2.44. The van der Waals surface area contributed by atoms with Crippen molar-refractivity contribution in [3.05, 3.63) is 10.6 Å². The van der Waals surface area contributed by atoms with Crippen LogP contribution in [0.5, 0.6) is 0 Å². The van der Waals surface area contributed by atoms with E-state index >= 15 is 0 Å². The first-order valence-corrected chi connectivity index (χ1v) is 10.2. The number of carbonyl (C=O) groups is 1. The standard InChI is InChI=1S/C19H30BrClO2/c1-13(6-4-11-19(3,23)17(21)22)15-8-9-16-14(12-20)7-5-10-18(15,16)2/h12-13,15-16,23H,4-11H2,1-3H3/b14-12+/t13-,15-,16?,18-,19-/m1/s1. The van der Waals surface area contributed by atoms with E-state index in [2.05, 4.69) is 34.8 Å². The van der Waals surface area contributed by atoms with Crippen LogP contribution in [0.25, 0.3) is 0 Å². The number of hydrogen-bond donors (Lipinski definition) is 1. The molecule has 2 aliphatic carbocycles. The summed E-state index contributed by atoms with van der Waals surface area (Å²) < 4.78 is 0. The van der Waals surface area contributed by atoms with Crippen molar-refractivity contribution in [1.29, 1.82) is 0 Å². The zero-order chi connectivity index (χ0) is 17.3. The van der Waals surface area contributed by atoms with Crippen molar-refractivity contribution in [3.8, 4) is 0 Å². The van der Waals surface area contributed by atoms with E-state index in [1.807, 2.05) is 0 Å². The Morgan fingerprint density at radius 2 is 2.26 bits per heavy atom. The fourth-order valence-electron chi connectivity index (χ4n) is 5.21. The molecule has 1 unspecified atom stereocenters. The van der Waals surface area contributed by atoms with Gasteiger partial charge in [0.05, 0.1) is 0 Å². The van der Waals surface area contributed by atoms with Crippen LogP contribution < -0.4 is 0 Å². The molecule has 2 aliphatic rings. The molecule has 1 N–H and O–H groups in total. The second kappa shape index (κ2) is 7.58. The molecule has 0 spiro atoms. The number of aliphatic hydroxyl groups is 1. The smallest absolute Gasteiger partial charge is 0.252 e. The summed E-state index contributed by atoms with van der Waals surface area (Å²) in [5.41, 5.74) is 0.645. The van der Waals surface area contributed by atoms with Crippen molar-refractivity contribution in [1.82, 2.24) is 0 Å². The summed E-state index contributed by atoms with van der Waals surface area (Å²) in [6.45, 7) is 6.36. The predicted molar refractivity (Wildman–Crippen MR) is 99.7 cm³/mol. The molecule has 0 aromatic rings. The molecule has 0 aromatic carbocycles. The van der Waals surface area contributed by atoms with Gasteiger partial charge in [0.1, 0.15) is 5.60 Å². The van der Waals surface area contributed by atoms with Gasteiger partial charge in [0.2, 0.25) is 0 Å². The molecule has 0 saturated heterocycles.